The Hall–Kier alpha value is -3.19. The quantitative estimate of drug-likeness (QED) is 0.680. The molecule has 0 spiro atoms. The molecule has 2 N–H and O–H groups in total. The molecule has 7 heteroatoms. The highest BCUT2D eigenvalue weighted by molar-refractivity contribution is 6.05. The van der Waals surface area contributed by atoms with Crippen molar-refractivity contribution in [3.8, 4) is 0 Å². The summed E-state index contributed by atoms with van der Waals surface area (Å²) in [5.74, 6) is -0.379. The van der Waals surface area contributed by atoms with E-state index in [1.54, 1.807) is 24.4 Å². The molecular formula is C22H23FN4O2. The van der Waals surface area contributed by atoms with E-state index in [-0.39, 0.29) is 18.0 Å². The van der Waals surface area contributed by atoms with Gasteiger partial charge in [-0.25, -0.2) is 9.18 Å². The van der Waals surface area contributed by atoms with E-state index in [0.717, 1.165) is 5.39 Å². The van der Waals surface area contributed by atoms with E-state index in [4.69, 9.17) is 4.74 Å². The zero-order valence-corrected chi connectivity index (χ0v) is 16.4. The van der Waals surface area contributed by atoms with Crippen LogP contribution in [0.4, 0.5) is 26.2 Å². The maximum Gasteiger partial charge on any atom is 0.323 e. The maximum atomic E-state index is 14.7. The molecule has 6 nitrogen and oxygen atoms in total. The molecule has 1 aromatic heterocycles. The minimum absolute atomic E-state index is 0.0380. The van der Waals surface area contributed by atoms with Crippen molar-refractivity contribution in [1.82, 2.24) is 4.98 Å². The molecule has 0 unspecified atom stereocenters. The standard InChI is InChI=1S/C22H23FN4O2/c1-14-12-27(13-15(2)29-14)20-9-8-17(11-18(20)23)25-22(28)26-19-7-3-5-16-6-4-10-24-21(16)19/h3-11,14-15H,12-13H2,1-2H3,(H2,25,26,28)/t14-,15-/m1/s1. The number of hydrogen-bond donors (Lipinski definition) is 2. The topological polar surface area (TPSA) is 66.5 Å². The summed E-state index contributed by atoms with van der Waals surface area (Å²) >= 11 is 0. The second-order valence-electron chi connectivity index (χ2n) is 7.29. The smallest absolute Gasteiger partial charge is 0.323 e. The molecule has 1 aliphatic heterocycles. The number of rotatable bonds is 3. The van der Waals surface area contributed by atoms with E-state index in [9.17, 15) is 9.18 Å². The first-order valence-electron chi connectivity index (χ1n) is 9.61. The third kappa shape index (κ3) is 4.30. The molecule has 2 aromatic carbocycles. The van der Waals surface area contributed by atoms with Gasteiger partial charge in [-0.1, -0.05) is 18.2 Å². The van der Waals surface area contributed by atoms with Crippen LogP contribution in [0.3, 0.4) is 0 Å². The average molecular weight is 394 g/mol. The summed E-state index contributed by atoms with van der Waals surface area (Å²) in [6.45, 7) is 5.21. The normalized spacial score (nSPS) is 19.2. The van der Waals surface area contributed by atoms with Crippen molar-refractivity contribution in [2.75, 3.05) is 28.6 Å². The minimum Gasteiger partial charge on any atom is -0.372 e. The van der Waals surface area contributed by atoms with Crippen molar-refractivity contribution >= 4 is 34.0 Å². The van der Waals surface area contributed by atoms with Crippen molar-refractivity contribution in [2.24, 2.45) is 0 Å². The van der Waals surface area contributed by atoms with E-state index in [1.807, 2.05) is 43.0 Å². The Labute approximate surface area is 168 Å². The highest BCUT2D eigenvalue weighted by Crippen LogP contribution is 2.26. The number of morpholine rings is 1. The summed E-state index contributed by atoms with van der Waals surface area (Å²) in [6, 6.07) is 13.6. The van der Waals surface area contributed by atoms with Crippen molar-refractivity contribution < 1.29 is 13.9 Å². The Morgan fingerprint density at radius 2 is 1.86 bits per heavy atom. The fraction of sp³-hybridized carbons (Fsp3) is 0.273. The number of ether oxygens (including phenoxy) is 1. The zero-order valence-electron chi connectivity index (χ0n) is 16.4. The lowest BCUT2D eigenvalue weighted by molar-refractivity contribution is -0.00539. The number of para-hydroxylation sites is 1. The Morgan fingerprint density at radius 3 is 2.62 bits per heavy atom. The van der Waals surface area contributed by atoms with Gasteiger partial charge in [0.1, 0.15) is 5.82 Å². The van der Waals surface area contributed by atoms with Crippen LogP contribution in [0.15, 0.2) is 54.7 Å². The SMILES string of the molecule is C[C@@H]1CN(c2ccc(NC(=O)Nc3cccc4cccnc34)cc2F)C[C@@H](C)O1. The summed E-state index contributed by atoms with van der Waals surface area (Å²) < 4.78 is 20.4. The van der Waals surface area contributed by atoms with E-state index in [2.05, 4.69) is 15.6 Å². The Balaban J connectivity index is 1.47. The lowest BCUT2D eigenvalue weighted by Crippen LogP contribution is -2.45. The van der Waals surface area contributed by atoms with Crippen LogP contribution in [0.2, 0.25) is 0 Å². The third-order valence-corrected chi connectivity index (χ3v) is 4.85. The summed E-state index contributed by atoms with van der Waals surface area (Å²) in [5.41, 5.74) is 2.18. The van der Waals surface area contributed by atoms with Crippen molar-refractivity contribution in [3.05, 3.63) is 60.5 Å². The largest absolute Gasteiger partial charge is 0.372 e. The first-order chi connectivity index (χ1) is 14.0. The van der Waals surface area contributed by atoms with Crippen LogP contribution in [0.5, 0.6) is 0 Å². The minimum atomic E-state index is -0.455. The van der Waals surface area contributed by atoms with Gasteiger partial charge in [0.05, 0.1) is 29.1 Å². The number of nitrogens with zero attached hydrogens (tertiary/aromatic N) is 2. The monoisotopic (exact) mass is 394 g/mol. The number of benzene rings is 2. The van der Waals surface area contributed by atoms with Gasteiger partial charge < -0.3 is 20.3 Å². The third-order valence-electron chi connectivity index (χ3n) is 4.85. The summed E-state index contributed by atoms with van der Waals surface area (Å²) in [7, 11) is 0. The Morgan fingerprint density at radius 1 is 1.10 bits per heavy atom. The van der Waals surface area contributed by atoms with Crippen LogP contribution in [0.1, 0.15) is 13.8 Å². The van der Waals surface area contributed by atoms with Gasteiger partial charge in [0.15, 0.2) is 0 Å². The highest BCUT2D eigenvalue weighted by atomic mass is 19.1. The number of nitrogens with one attached hydrogen (secondary N) is 2. The Bertz CT molecular complexity index is 1030. The second kappa shape index (κ2) is 8.05. The summed E-state index contributed by atoms with van der Waals surface area (Å²) in [4.78, 5) is 18.7. The van der Waals surface area contributed by atoms with Gasteiger partial charge in [0.25, 0.3) is 0 Å². The van der Waals surface area contributed by atoms with Crippen molar-refractivity contribution in [1.29, 1.82) is 0 Å². The van der Waals surface area contributed by atoms with Crippen molar-refractivity contribution in [2.45, 2.75) is 26.1 Å². The number of fused-ring (bicyclic) bond motifs is 1. The van der Waals surface area contributed by atoms with E-state index < -0.39 is 6.03 Å². The van der Waals surface area contributed by atoms with Gasteiger partial charge in [-0.05, 0) is 44.2 Å². The molecule has 1 saturated heterocycles. The van der Waals surface area contributed by atoms with Gasteiger partial charge in [-0.2, -0.15) is 0 Å². The van der Waals surface area contributed by atoms with Crippen LogP contribution in [0.25, 0.3) is 10.9 Å². The molecule has 0 saturated carbocycles. The van der Waals surface area contributed by atoms with Crippen molar-refractivity contribution in [3.63, 3.8) is 0 Å². The second-order valence-corrected chi connectivity index (χ2v) is 7.29. The molecule has 2 amide bonds. The van der Waals surface area contributed by atoms with Gasteiger partial charge in [-0.3, -0.25) is 4.98 Å². The average Bonchev–Trinajstić information content (AvgIpc) is 2.67. The molecule has 0 bridgehead atoms. The molecule has 1 aliphatic rings. The van der Waals surface area contributed by atoms with E-state index >= 15 is 0 Å². The number of anilines is 3. The lowest BCUT2D eigenvalue weighted by atomic mass is 10.2. The summed E-state index contributed by atoms with van der Waals surface area (Å²) in [5, 5.41) is 6.39. The highest BCUT2D eigenvalue weighted by Gasteiger charge is 2.24. The van der Waals surface area contributed by atoms with Gasteiger partial charge in [0.2, 0.25) is 0 Å². The van der Waals surface area contributed by atoms with E-state index in [0.29, 0.717) is 35.7 Å². The molecular weight excluding hydrogens is 371 g/mol. The van der Waals surface area contributed by atoms with E-state index in [1.165, 1.54) is 6.07 Å². The molecule has 2 atom stereocenters. The number of pyridine rings is 1. The number of carbonyl (C=O) groups is 1. The molecule has 0 radical (unpaired) electrons. The van der Waals surface area contributed by atoms with Crippen LogP contribution in [-0.2, 0) is 4.74 Å². The number of urea groups is 1. The predicted octanol–water partition coefficient (Wildman–Crippen LogP) is 4.63. The van der Waals surface area contributed by atoms with Crippen LogP contribution in [-0.4, -0.2) is 36.3 Å². The zero-order chi connectivity index (χ0) is 20.4. The molecule has 2 heterocycles. The van der Waals surface area contributed by atoms with Crippen LogP contribution in [0, 0.1) is 5.82 Å². The first kappa shape index (κ1) is 19.1. The van der Waals surface area contributed by atoms with Gasteiger partial charge in [-0.15, -0.1) is 0 Å². The lowest BCUT2D eigenvalue weighted by Gasteiger charge is -2.37. The molecule has 29 heavy (non-hydrogen) atoms. The fourth-order valence-electron chi connectivity index (χ4n) is 3.71. The molecule has 1 fully saturated rings. The van der Waals surface area contributed by atoms with Crippen LogP contribution >= 0.6 is 0 Å². The molecule has 4 rings (SSSR count). The number of hydrogen-bond acceptors (Lipinski definition) is 4. The molecule has 0 aliphatic carbocycles. The van der Waals surface area contributed by atoms with Crippen LogP contribution < -0.4 is 15.5 Å². The number of carbonyl (C=O) groups excluding carboxylic acids is 1. The first-order valence-corrected chi connectivity index (χ1v) is 9.61. The number of aromatic nitrogens is 1. The summed E-state index contributed by atoms with van der Waals surface area (Å²) in [6.07, 6.45) is 1.75. The number of amides is 2. The maximum absolute atomic E-state index is 14.7. The number of halogens is 1. The van der Waals surface area contributed by atoms with Gasteiger partial charge in [0, 0.05) is 30.4 Å². The molecule has 3 aromatic rings. The van der Waals surface area contributed by atoms with Gasteiger partial charge >= 0.3 is 6.03 Å². The predicted molar refractivity (Wildman–Crippen MR) is 113 cm³/mol. The fourth-order valence-corrected chi connectivity index (χ4v) is 3.71. The Kier molecular flexibility index (Phi) is 5.31. The molecule has 150 valence electrons.